The van der Waals surface area contributed by atoms with E-state index in [-0.39, 0.29) is 5.76 Å². The van der Waals surface area contributed by atoms with Crippen molar-refractivity contribution < 1.29 is 23.2 Å². The van der Waals surface area contributed by atoms with Crippen LogP contribution in [0.4, 0.5) is 0 Å². The number of amides is 1. The van der Waals surface area contributed by atoms with Crippen molar-refractivity contribution in [1.82, 2.24) is 5.43 Å². The summed E-state index contributed by atoms with van der Waals surface area (Å²) in [6, 6.07) is 13.5. The van der Waals surface area contributed by atoms with Crippen LogP contribution in [0.25, 0.3) is 11.3 Å². The van der Waals surface area contributed by atoms with Crippen LogP contribution in [-0.4, -0.2) is 25.2 Å². The van der Waals surface area contributed by atoms with Gasteiger partial charge in [-0.3, -0.25) is 4.79 Å². The molecule has 0 aliphatic rings. The fourth-order valence-corrected chi connectivity index (χ4v) is 2.17. The van der Waals surface area contributed by atoms with Gasteiger partial charge in [0, 0.05) is 5.56 Å². The summed E-state index contributed by atoms with van der Waals surface area (Å²) in [4.78, 5) is 23.5. The number of hydrogen-bond donors (Lipinski definition) is 1. The number of methoxy groups -OCH3 is 1. The predicted molar refractivity (Wildman–Crippen MR) is 89.3 cm³/mol. The van der Waals surface area contributed by atoms with Crippen LogP contribution in [0.5, 0.6) is 0 Å². The van der Waals surface area contributed by atoms with Gasteiger partial charge in [0.25, 0.3) is 0 Å². The highest BCUT2D eigenvalue weighted by Gasteiger charge is 2.15. The average molecular weight is 338 g/mol. The highest BCUT2D eigenvalue weighted by molar-refractivity contribution is 5.96. The summed E-state index contributed by atoms with van der Waals surface area (Å²) in [6.07, 6.45) is 2.75. The first-order valence-electron chi connectivity index (χ1n) is 7.33. The van der Waals surface area contributed by atoms with E-state index in [0.29, 0.717) is 22.6 Å². The molecule has 3 rings (SSSR count). The zero-order valence-corrected chi connectivity index (χ0v) is 13.3. The molecule has 0 fully saturated rings. The number of nitrogens with one attached hydrogen (secondary N) is 1. The van der Waals surface area contributed by atoms with E-state index in [1.807, 2.05) is 0 Å². The number of carbonyl (C=O) groups is 2. The molecule has 0 saturated heterocycles. The van der Waals surface area contributed by atoms with Gasteiger partial charge in [0.15, 0.2) is 5.76 Å². The second-order valence-corrected chi connectivity index (χ2v) is 4.92. The van der Waals surface area contributed by atoms with E-state index in [9.17, 15) is 9.59 Å². The summed E-state index contributed by atoms with van der Waals surface area (Å²) in [6.45, 7) is 0. The van der Waals surface area contributed by atoms with Gasteiger partial charge in [0.2, 0.25) is 0 Å². The Morgan fingerprint density at radius 2 is 1.96 bits per heavy atom. The lowest BCUT2D eigenvalue weighted by atomic mass is 10.1. The lowest BCUT2D eigenvalue weighted by molar-refractivity contribution is 0.0601. The predicted octanol–water partition coefficient (Wildman–Crippen LogP) is 3.09. The Hall–Kier alpha value is -3.61. The summed E-state index contributed by atoms with van der Waals surface area (Å²) in [5, 5.41) is 3.81. The maximum Gasteiger partial charge on any atom is 0.338 e. The van der Waals surface area contributed by atoms with Crippen LogP contribution in [0, 0.1) is 0 Å². The standard InChI is InChI=1S/C18H14N2O5/c1-23-18(22)14-6-3-2-5-13(14)15-9-8-12(25-15)11-19-20-17(21)16-7-4-10-24-16/h2-11H,1H3,(H,20,21)/b19-11-. The number of ether oxygens (including phenoxy) is 1. The molecule has 0 saturated carbocycles. The number of rotatable bonds is 5. The first kappa shape index (κ1) is 16.3. The molecule has 0 radical (unpaired) electrons. The van der Waals surface area contributed by atoms with Crippen LogP contribution in [-0.2, 0) is 4.74 Å². The topological polar surface area (TPSA) is 94.0 Å². The number of furan rings is 2. The molecule has 7 heteroatoms. The zero-order valence-electron chi connectivity index (χ0n) is 13.3. The van der Waals surface area contributed by atoms with Gasteiger partial charge in [-0.15, -0.1) is 0 Å². The molecule has 3 aromatic rings. The highest BCUT2D eigenvalue weighted by atomic mass is 16.5. The van der Waals surface area contributed by atoms with Crippen molar-refractivity contribution >= 4 is 18.1 Å². The van der Waals surface area contributed by atoms with E-state index in [1.54, 1.807) is 42.5 Å². The Morgan fingerprint density at radius 1 is 1.12 bits per heavy atom. The van der Waals surface area contributed by atoms with E-state index >= 15 is 0 Å². The minimum Gasteiger partial charge on any atom is -0.465 e. The van der Waals surface area contributed by atoms with Crippen LogP contribution in [0.15, 0.2) is 68.7 Å². The first-order chi connectivity index (χ1) is 12.2. The molecule has 1 N–H and O–H groups in total. The molecule has 1 amide bonds. The molecular formula is C18H14N2O5. The van der Waals surface area contributed by atoms with Gasteiger partial charge in [-0.2, -0.15) is 5.10 Å². The molecule has 0 unspecified atom stereocenters. The first-order valence-corrected chi connectivity index (χ1v) is 7.33. The normalized spacial score (nSPS) is 10.8. The second-order valence-electron chi connectivity index (χ2n) is 4.92. The number of nitrogens with zero attached hydrogens (tertiary/aromatic N) is 1. The summed E-state index contributed by atoms with van der Waals surface area (Å²) in [5.74, 6) is 0.135. The van der Waals surface area contributed by atoms with Gasteiger partial charge in [-0.25, -0.2) is 10.2 Å². The molecule has 1 aromatic carbocycles. The third-order valence-corrected chi connectivity index (χ3v) is 3.33. The number of carbonyl (C=O) groups excluding carboxylic acids is 2. The van der Waals surface area contributed by atoms with Crippen LogP contribution in [0.2, 0.25) is 0 Å². The molecule has 7 nitrogen and oxygen atoms in total. The molecule has 0 bridgehead atoms. The van der Waals surface area contributed by atoms with Crippen molar-refractivity contribution in [3.8, 4) is 11.3 Å². The molecule has 2 aromatic heterocycles. The Morgan fingerprint density at radius 3 is 2.72 bits per heavy atom. The van der Waals surface area contributed by atoms with Crippen LogP contribution in [0.1, 0.15) is 26.7 Å². The van der Waals surface area contributed by atoms with E-state index in [4.69, 9.17) is 13.6 Å². The Balaban J connectivity index is 1.74. The highest BCUT2D eigenvalue weighted by Crippen LogP contribution is 2.25. The summed E-state index contributed by atoms with van der Waals surface area (Å²) < 4.78 is 15.4. The van der Waals surface area contributed by atoms with Crippen LogP contribution >= 0.6 is 0 Å². The summed E-state index contributed by atoms with van der Waals surface area (Å²) >= 11 is 0. The average Bonchev–Trinajstić information content (AvgIpc) is 3.33. The van der Waals surface area contributed by atoms with E-state index < -0.39 is 11.9 Å². The smallest absolute Gasteiger partial charge is 0.338 e. The van der Waals surface area contributed by atoms with Crippen LogP contribution < -0.4 is 5.43 Å². The van der Waals surface area contributed by atoms with Gasteiger partial charge in [-0.1, -0.05) is 18.2 Å². The lowest BCUT2D eigenvalue weighted by Crippen LogP contribution is -2.16. The van der Waals surface area contributed by atoms with Crippen molar-refractivity contribution in [2.75, 3.05) is 7.11 Å². The number of hydrazone groups is 1. The summed E-state index contributed by atoms with van der Waals surface area (Å²) in [7, 11) is 1.32. The third kappa shape index (κ3) is 3.66. The van der Waals surface area contributed by atoms with Crippen molar-refractivity contribution in [3.05, 3.63) is 71.9 Å². The minimum absolute atomic E-state index is 0.157. The molecule has 2 heterocycles. The van der Waals surface area contributed by atoms with Gasteiger partial charge in [0.1, 0.15) is 11.5 Å². The molecular weight excluding hydrogens is 324 g/mol. The quantitative estimate of drug-likeness (QED) is 0.438. The monoisotopic (exact) mass is 338 g/mol. The van der Waals surface area contributed by atoms with Gasteiger partial charge >= 0.3 is 11.9 Å². The maximum absolute atomic E-state index is 11.8. The van der Waals surface area contributed by atoms with E-state index in [2.05, 4.69) is 10.5 Å². The minimum atomic E-state index is -0.468. The largest absolute Gasteiger partial charge is 0.465 e. The van der Waals surface area contributed by atoms with Crippen molar-refractivity contribution in [2.45, 2.75) is 0 Å². The maximum atomic E-state index is 11.8. The van der Waals surface area contributed by atoms with E-state index in [1.165, 1.54) is 25.7 Å². The number of benzene rings is 1. The van der Waals surface area contributed by atoms with Gasteiger partial charge < -0.3 is 13.6 Å². The SMILES string of the molecule is COC(=O)c1ccccc1-c1ccc(/C=N\NC(=O)c2ccco2)o1. The van der Waals surface area contributed by atoms with Crippen LogP contribution in [0.3, 0.4) is 0 Å². The Bertz CT molecular complexity index is 909. The Labute approximate surface area is 142 Å². The molecule has 25 heavy (non-hydrogen) atoms. The van der Waals surface area contributed by atoms with Gasteiger partial charge in [0.05, 0.1) is 25.2 Å². The zero-order chi connectivity index (χ0) is 17.6. The van der Waals surface area contributed by atoms with E-state index in [0.717, 1.165) is 0 Å². The molecule has 126 valence electrons. The molecule has 0 aliphatic heterocycles. The molecule has 0 spiro atoms. The fourth-order valence-electron chi connectivity index (χ4n) is 2.17. The van der Waals surface area contributed by atoms with Crippen molar-refractivity contribution in [1.29, 1.82) is 0 Å². The molecule has 0 atom stereocenters. The summed E-state index contributed by atoms with van der Waals surface area (Å²) in [5.41, 5.74) is 3.33. The lowest BCUT2D eigenvalue weighted by Gasteiger charge is -2.04. The number of hydrogen-bond acceptors (Lipinski definition) is 6. The van der Waals surface area contributed by atoms with Crippen molar-refractivity contribution in [2.24, 2.45) is 5.10 Å². The van der Waals surface area contributed by atoms with Gasteiger partial charge in [-0.05, 0) is 30.3 Å². The number of esters is 1. The third-order valence-electron chi connectivity index (χ3n) is 3.33. The molecule has 0 aliphatic carbocycles. The second kappa shape index (κ2) is 7.31. The fraction of sp³-hybridized carbons (Fsp3) is 0.0556. The Kier molecular flexibility index (Phi) is 4.75. The van der Waals surface area contributed by atoms with Crippen molar-refractivity contribution in [3.63, 3.8) is 0 Å².